The molecule has 0 unspecified atom stereocenters. The van der Waals surface area contributed by atoms with Crippen molar-refractivity contribution in [3.05, 3.63) is 107 Å². The Labute approximate surface area is 237 Å². The first-order chi connectivity index (χ1) is 19.6. The highest BCUT2D eigenvalue weighted by Gasteiger charge is 2.31. The first kappa shape index (κ1) is 27.8. The van der Waals surface area contributed by atoms with E-state index in [1.807, 2.05) is 0 Å². The Morgan fingerprint density at radius 3 is 2.07 bits per heavy atom. The number of halogens is 4. The lowest BCUT2D eigenvalue weighted by Gasteiger charge is -2.17. The number of nitrogens with zero attached hydrogens (tertiary/aromatic N) is 1. The summed E-state index contributed by atoms with van der Waals surface area (Å²) >= 11 is 6.43. The van der Waals surface area contributed by atoms with E-state index in [1.165, 1.54) is 19.2 Å². The molecule has 0 aliphatic carbocycles. The van der Waals surface area contributed by atoms with Crippen molar-refractivity contribution in [3.8, 4) is 39.9 Å². The number of fused-ring (bicyclic) bond motifs is 1. The van der Waals surface area contributed by atoms with Gasteiger partial charge >= 0.3 is 12.3 Å². The molecule has 0 saturated carbocycles. The van der Waals surface area contributed by atoms with Gasteiger partial charge in [0.25, 0.3) is 0 Å². The third-order valence-electron chi connectivity index (χ3n) is 6.03. The molecule has 0 amide bonds. The summed E-state index contributed by atoms with van der Waals surface area (Å²) in [5.41, 5.74) is 2.74. The van der Waals surface area contributed by atoms with Crippen molar-refractivity contribution in [2.75, 3.05) is 7.11 Å². The monoisotopic (exact) mass is 579 g/mol. The number of esters is 1. The Morgan fingerprint density at radius 2 is 1.46 bits per heavy atom. The molecular formula is C31H21ClF3NO5. The third-order valence-corrected chi connectivity index (χ3v) is 6.33. The second kappa shape index (κ2) is 11.4. The fourth-order valence-corrected chi connectivity index (χ4v) is 4.46. The number of carbonyl (C=O) groups excluding carboxylic acids is 1. The third kappa shape index (κ3) is 6.36. The van der Waals surface area contributed by atoms with Crippen molar-refractivity contribution < 1.29 is 36.9 Å². The number of alkyl halides is 3. The van der Waals surface area contributed by atoms with Crippen LogP contribution in [0.3, 0.4) is 0 Å². The minimum atomic E-state index is -4.78. The van der Waals surface area contributed by atoms with Gasteiger partial charge in [-0.1, -0.05) is 41.9 Å². The number of hydrogen-bond donors (Lipinski definition) is 0. The van der Waals surface area contributed by atoms with Crippen LogP contribution in [0.4, 0.5) is 13.2 Å². The summed E-state index contributed by atoms with van der Waals surface area (Å²) in [4.78, 5) is 17.8. The molecule has 208 valence electrons. The summed E-state index contributed by atoms with van der Waals surface area (Å²) in [6.45, 7) is 1.80. The normalized spacial score (nSPS) is 11.3. The molecule has 0 bridgehead atoms. The summed E-state index contributed by atoms with van der Waals surface area (Å²) in [7, 11) is 1.50. The average Bonchev–Trinajstić information content (AvgIpc) is 2.94. The highest BCUT2D eigenvalue weighted by atomic mass is 35.5. The molecule has 0 radical (unpaired) electrons. The van der Waals surface area contributed by atoms with Crippen LogP contribution < -0.4 is 18.9 Å². The van der Waals surface area contributed by atoms with Gasteiger partial charge < -0.3 is 18.9 Å². The van der Waals surface area contributed by atoms with Crippen LogP contribution in [0.2, 0.25) is 5.02 Å². The number of carbonyl (C=O) groups is 1. The van der Waals surface area contributed by atoms with Crippen LogP contribution in [0, 0.1) is 6.92 Å². The van der Waals surface area contributed by atoms with Gasteiger partial charge in [-0.05, 0) is 67.1 Å². The average molecular weight is 580 g/mol. The van der Waals surface area contributed by atoms with E-state index in [-0.39, 0.29) is 11.5 Å². The fraction of sp³-hybridized carbons (Fsp3) is 0.0968. The Bertz CT molecular complexity index is 1710. The summed E-state index contributed by atoms with van der Waals surface area (Å²) in [5.74, 6) is 0.550. The van der Waals surface area contributed by atoms with Crippen LogP contribution >= 0.6 is 11.6 Å². The van der Waals surface area contributed by atoms with Crippen LogP contribution in [0.1, 0.15) is 16.1 Å². The number of pyridine rings is 1. The number of rotatable bonds is 7. The zero-order chi connectivity index (χ0) is 29.1. The number of hydrogen-bond acceptors (Lipinski definition) is 6. The predicted octanol–water partition coefficient (Wildman–Crippen LogP) is 8.78. The first-order valence-electron chi connectivity index (χ1n) is 12.2. The van der Waals surface area contributed by atoms with Crippen LogP contribution in [0.15, 0.2) is 91.0 Å². The van der Waals surface area contributed by atoms with Gasteiger partial charge in [0.15, 0.2) is 0 Å². The van der Waals surface area contributed by atoms with Crippen molar-refractivity contribution >= 4 is 28.5 Å². The summed E-state index contributed by atoms with van der Waals surface area (Å²) in [6, 6.07) is 23.9. The number of ether oxygens (including phenoxy) is 4. The first-order valence-corrected chi connectivity index (χ1v) is 12.6. The lowest BCUT2D eigenvalue weighted by Crippen LogP contribution is -2.16. The molecule has 0 spiro atoms. The van der Waals surface area contributed by atoms with E-state index in [9.17, 15) is 18.0 Å². The summed E-state index contributed by atoms with van der Waals surface area (Å²) < 4.78 is 58.2. The molecule has 6 nitrogen and oxygen atoms in total. The zero-order valence-electron chi connectivity index (χ0n) is 21.7. The molecule has 0 aliphatic rings. The summed E-state index contributed by atoms with van der Waals surface area (Å²) in [6.07, 6.45) is -4.78. The van der Waals surface area contributed by atoms with Crippen LogP contribution in [0.5, 0.6) is 28.7 Å². The largest absolute Gasteiger partial charge is 0.573 e. The van der Waals surface area contributed by atoms with Gasteiger partial charge in [0.05, 0.1) is 23.2 Å². The molecule has 10 heteroatoms. The Hall–Kier alpha value is -4.76. The van der Waals surface area contributed by atoms with Crippen LogP contribution in [-0.2, 0) is 0 Å². The van der Waals surface area contributed by atoms with Crippen molar-refractivity contribution in [3.63, 3.8) is 0 Å². The molecule has 0 aliphatic heterocycles. The van der Waals surface area contributed by atoms with Crippen molar-refractivity contribution in [1.82, 2.24) is 4.98 Å². The second-order valence-electron chi connectivity index (χ2n) is 8.81. The van der Waals surface area contributed by atoms with Gasteiger partial charge in [0.1, 0.15) is 28.7 Å². The maximum Gasteiger partial charge on any atom is 0.573 e. The molecule has 0 saturated heterocycles. The maximum atomic E-state index is 13.1. The smallest absolute Gasteiger partial charge is 0.495 e. The van der Waals surface area contributed by atoms with E-state index in [1.54, 1.807) is 73.7 Å². The number of methoxy groups -OCH3 is 1. The van der Waals surface area contributed by atoms with Crippen LogP contribution in [0.25, 0.3) is 22.0 Å². The quantitative estimate of drug-likeness (QED) is 0.180. The van der Waals surface area contributed by atoms with Gasteiger partial charge in [-0.2, -0.15) is 0 Å². The molecule has 41 heavy (non-hydrogen) atoms. The number of benzene rings is 4. The molecule has 5 rings (SSSR count). The topological polar surface area (TPSA) is 66.9 Å². The zero-order valence-corrected chi connectivity index (χ0v) is 22.4. The van der Waals surface area contributed by atoms with Gasteiger partial charge in [0, 0.05) is 22.7 Å². The van der Waals surface area contributed by atoms with Crippen molar-refractivity contribution in [2.24, 2.45) is 0 Å². The minimum Gasteiger partial charge on any atom is -0.495 e. The van der Waals surface area contributed by atoms with Gasteiger partial charge in [-0.25, -0.2) is 4.79 Å². The number of aryl methyl sites for hydroxylation is 1. The molecule has 4 aromatic carbocycles. The maximum absolute atomic E-state index is 13.1. The van der Waals surface area contributed by atoms with Crippen LogP contribution in [-0.4, -0.2) is 24.4 Å². The minimum absolute atomic E-state index is 0.278. The molecule has 1 heterocycles. The highest BCUT2D eigenvalue weighted by Crippen LogP contribution is 2.42. The Kier molecular flexibility index (Phi) is 7.72. The van der Waals surface area contributed by atoms with Crippen molar-refractivity contribution in [1.29, 1.82) is 0 Å². The Morgan fingerprint density at radius 1 is 0.854 bits per heavy atom. The lowest BCUT2D eigenvalue weighted by atomic mass is 10.00. The molecule has 0 fully saturated rings. The van der Waals surface area contributed by atoms with Gasteiger partial charge in [0.2, 0.25) is 0 Å². The van der Waals surface area contributed by atoms with E-state index in [4.69, 9.17) is 30.8 Å². The van der Waals surface area contributed by atoms with E-state index < -0.39 is 12.3 Å². The molecule has 0 atom stereocenters. The molecule has 1 aromatic heterocycles. The van der Waals surface area contributed by atoms with E-state index in [2.05, 4.69) is 4.74 Å². The predicted molar refractivity (Wildman–Crippen MR) is 148 cm³/mol. The van der Waals surface area contributed by atoms with E-state index >= 15 is 0 Å². The molecule has 5 aromatic rings. The van der Waals surface area contributed by atoms with Gasteiger partial charge in [-0.3, -0.25) is 4.98 Å². The standard InChI is InChI=1S/C31H21ClF3NO5/c1-18-28(19-8-10-21(11-9-19)39-22-12-14-23(15-13-22)41-31(33,34)35)29(40-30(37)20-6-4-3-5-7-20)24-16-25(32)27(38-2)17-26(24)36-18/h3-17H,1-2H3. The van der Waals surface area contributed by atoms with E-state index in [0.29, 0.717) is 55.6 Å². The van der Waals surface area contributed by atoms with Crippen molar-refractivity contribution in [2.45, 2.75) is 13.3 Å². The summed E-state index contributed by atoms with van der Waals surface area (Å²) in [5, 5.41) is 0.839. The fourth-order valence-electron chi connectivity index (χ4n) is 4.22. The second-order valence-corrected chi connectivity index (χ2v) is 9.21. The van der Waals surface area contributed by atoms with Gasteiger partial charge in [-0.15, -0.1) is 13.2 Å². The Balaban J connectivity index is 1.51. The molecule has 0 N–H and O–H groups in total. The van der Waals surface area contributed by atoms with E-state index in [0.717, 1.165) is 12.1 Å². The number of aromatic nitrogens is 1. The highest BCUT2D eigenvalue weighted by molar-refractivity contribution is 6.33. The SMILES string of the molecule is COc1cc2nc(C)c(-c3ccc(Oc4ccc(OC(F)(F)F)cc4)cc3)c(OC(=O)c3ccccc3)c2cc1Cl. The lowest BCUT2D eigenvalue weighted by molar-refractivity contribution is -0.274. The molecular weight excluding hydrogens is 559 g/mol.